The van der Waals surface area contributed by atoms with Gasteiger partial charge in [-0.1, -0.05) is 6.07 Å². The molecule has 0 spiro atoms. The summed E-state index contributed by atoms with van der Waals surface area (Å²) in [5.74, 6) is 1.65. The topological polar surface area (TPSA) is 65.4 Å². The normalized spacial score (nSPS) is 22.1. The third-order valence-electron chi connectivity index (χ3n) is 4.70. The van der Waals surface area contributed by atoms with Crippen LogP contribution in [0.2, 0.25) is 0 Å². The average molecular weight is 336 g/mol. The summed E-state index contributed by atoms with van der Waals surface area (Å²) in [6.07, 6.45) is 3.83. The van der Waals surface area contributed by atoms with Gasteiger partial charge in [0.15, 0.2) is 0 Å². The number of aryl methyl sites for hydroxylation is 1. The van der Waals surface area contributed by atoms with E-state index in [1.165, 1.54) is 11.1 Å². The zero-order valence-electron chi connectivity index (χ0n) is 15.0. The molecule has 0 amide bonds. The molecular formula is C19H24N6. The highest BCUT2D eigenvalue weighted by Gasteiger charge is 2.23. The van der Waals surface area contributed by atoms with Gasteiger partial charge in [-0.3, -0.25) is 4.99 Å². The molecule has 3 heterocycles. The summed E-state index contributed by atoms with van der Waals surface area (Å²) in [6.45, 7) is 9.05. The highest BCUT2D eigenvalue weighted by atomic mass is 15.3. The van der Waals surface area contributed by atoms with E-state index < -0.39 is 0 Å². The standard InChI is InChI=1S/C19H24N6/c1-12-7-21-19(25-10-13(2)22-14(3)11-25)24-18(12)23-17-5-4-15-8-20-9-16(15)6-17/h4-7,9,13-14,22H,8,10-11H2,1-3H3,(H,21,23,24). The van der Waals surface area contributed by atoms with Gasteiger partial charge >= 0.3 is 0 Å². The number of piperazine rings is 1. The molecule has 4 rings (SSSR count). The fourth-order valence-electron chi connectivity index (χ4n) is 3.52. The molecule has 0 saturated carbocycles. The van der Waals surface area contributed by atoms with Crippen LogP contribution < -0.4 is 15.5 Å². The lowest BCUT2D eigenvalue weighted by Gasteiger charge is -2.36. The Kier molecular flexibility index (Phi) is 4.13. The van der Waals surface area contributed by atoms with E-state index in [-0.39, 0.29) is 0 Å². The Morgan fingerprint density at radius 3 is 2.80 bits per heavy atom. The van der Waals surface area contributed by atoms with Gasteiger partial charge in [-0.2, -0.15) is 4.98 Å². The second-order valence-electron chi connectivity index (χ2n) is 7.08. The molecule has 25 heavy (non-hydrogen) atoms. The zero-order chi connectivity index (χ0) is 17.4. The van der Waals surface area contributed by atoms with E-state index in [1.807, 2.05) is 19.3 Å². The van der Waals surface area contributed by atoms with Crippen molar-refractivity contribution in [3.63, 3.8) is 0 Å². The first-order chi connectivity index (χ1) is 12.1. The largest absolute Gasteiger partial charge is 0.340 e. The third-order valence-corrected chi connectivity index (χ3v) is 4.70. The zero-order valence-corrected chi connectivity index (χ0v) is 15.0. The highest BCUT2D eigenvalue weighted by molar-refractivity contribution is 5.86. The first-order valence-corrected chi connectivity index (χ1v) is 8.83. The van der Waals surface area contributed by atoms with E-state index in [9.17, 15) is 0 Å². The van der Waals surface area contributed by atoms with Crippen LogP contribution in [0.1, 0.15) is 30.5 Å². The van der Waals surface area contributed by atoms with Crippen LogP contribution in [0.25, 0.3) is 0 Å². The molecule has 6 nitrogen and oxygen atoms in total. The van der Waals surface area contributed by atoms with E-state index in [0.29, 0.717) is 12.1 Å². The van der Waals surface area contributed by atoms with E-state index >= 15 is 0 Å². The summed E-state index contributed by atoms with van der Waals surface area (Å²) in [5.41, 5.74) is 4.52. The maximum Gasteiger partial charge on any atom is 0.227 e. The summed E-state index contributed by atoms with van der Waals surface area (Å²) >= 11 is 0. The molecule has 2 aromatic rings. The van der Waals surface area contributed by atoms with E-state index in [2.05, 4.69) is 57.6 Å². The van der Waals surface area contributed by atoms with Crippen LogP contribution in [0, 0.1) is 6.92 Å². The number of nitrogens with zero attached hydrogens (tertiary/aromatic N) is 4. The van der Waals surface area contributed by atoms with Crippen molar-refractivity contribution < 1.29 is 0 Å². The predicted octanol–water partition coefficient (Wildman–Crippen LogP) is 2.65. The molecule has 0 bridgehead atoms. The maximum atomic E-state index is 4.80. The Bertz CT molecular complexity index is 806. The van der Waals surface area contributed by atoms with Crippen LogP contribution in [0.5, 0.6) is 0 Å². The highest BCUT2D eigenvalue weighted by Crippen LogP contribution is 2.24. The first kappa shape index (κ1) is 16.0. The molecule has 0 aliphatic carbocycles. The van der Waals surface area contributed by atoms with E-state index in [1.54, 1.807) is 0 Å². The Morgan fingerprint density at radius 2 is 2.00 bits per heavy atom. The SMILES string of the molecule is Cc1cnc(N2CC(C)NC(C)C2)nc1Nc1ccc2c(c1)C=NC2. The summed E-state index contributed by atoms with van der Waals surface area (Å²) in [6, 6.07) is 7.20. The second-order valence-corrected chi connectivity index (χ2v) is 7.08. The van der Waals surface area contributed by atoms with Crippen LogP contribution in [-0.2, 0) is 6.54 Å². The molecule has 130 valence electrons. The number of anilines is 3. The van der Waals surface area contributed by atoms with Crippen molar-refractivity contribution in [1.29, 1.82) is 0 Å². The summed E-state index contributed by atoms with van der Waals surface area (Å²) in [4.78, 5) is 15.9. The summed E-state index contributed by atoms with van der Waals surface area (Å²) in [7, 11) is 0. The molecule has 2 aliphatic heterocycles. The van der Waals surface area contributed by atoms with E-state index in [4.69, 9.17) is 4.98 Å². The molecule has 1 aromatic heterocycles. The molecule has 1 fully saturated rings. The fourth-order valence-corrected chi connectivity index (χ4v) is 3.52. The number of aromatic nitrogens is 2. The summed E-state index contributed by atoms with van der Waals surface area (Å²) < 4.78 is 0. The van der Waals surface area contributed by atoms with Gasteiger partial charge in [0, 0.05) is 48.8 Å². The van der Waals surface area contributed by atoms with Crippen molar-refractivity contribution in [2.75, 3.05) is 23.3 Å². The third kappa shape index (κ3) is 3.35. The summed E-state index contributed by atoms with van der Waals surface area (Å²) in [5, 5.41) is 6.99. The Morgan fingerprint density at radius 1 is 1.20 bits per heavy atom. The fraction of sp³-hybridized carbons (Fsp3) is 0.421. The van der Waals surface area contributed by atoms with Gasteiger partial charge in [-0.25, -0.2) is 4.98 Å². The predicted molar refractivity (Wildman–Crippen MR) is 102 cm³/mol. The van der Waals surface area contributed by atoms with Gasteiger partial charge in [-0.15, -0.1) is 0 Å². The molecule has 0 radical (unpaired) electrons. The molecule has 1 aromatic carbocycles. The number of benzene rings is 1. The molecule has 6 heteroatoms. The van der Waals surface area contributed by atoms with Gasteiger partial charge < -0.3 is 15.5 Å². The monoisotopic (exact) mass is 336 g/mol. The number of hydrogen-bond donors (Lipinski definition) is 2. The Labute approximate surface area is 148 Å². The van der Waals surface area contributed by atoms with Crippen molar-refractivity contribution in [2.45, 2.75) is 39.4 Å². The lowest BCUT2D eigenvalue weighted by atomic mass is 10.1. The van der Waals surface area contributed by atoms with Gasteiger partial charge in [0.05, 0.1) is 6.54 Å². The maximum absolute atomic E-state index is 4.80. The van der Waals surface area contributed by atoms with Gasteiger partial charge in [0.1, 0.15) is 5.82 Å². The lowest BCUT2D eigenvalue weighted by Crippen LogP contribution is -2.54. The quantitative estimate of drug-likeness (QED) is 0.902. The molecule has 2 unspecified atom stereocenters. The molecule has 2 aliphatic rings. The van der Waals surface area contributed by atoms with Crippen molar-refractivity contribution in [3.05, 3.63) is 41.1 Å². The number of hydrogen-bond acceptors (Lipinski definition) is 6. The molecule has 2 N–H and O–H groups in total. The first-order valence-electron chi connectivity index (χ1n) is 8.83. The smallest absolute Gasteiger partial charge is 0.227 e. The minimum absolute atomic E-state index is 0.432. The van der Waals surface area contributed by atoms with Crippen molar-refractivity contribution >= 4 is 23.7 Å². The Hall–Kier alpha value is -2.47. The number of nitrogens with one attached hydrogen (secondary N) is 2. The minimum atomic E-state index is 0.432. The van der Waals surface area contributed by atoms with Crippen molar-refractivity contribution in [3.8, 4) is 0 Å². The van der Waals surface area contributed by atoms with Crippen LogP contribution >= 0.6 is 0 Å². The second kappa shape index (κ2) is 6.44. The number of aliphatic imine (C=N–C) groups is 1. The average Bonchev–Trinajstić information content (AvgIpc) is 3.03. The van der Waals surface area contributed by atoms with Gasteiger partial charge in [-0.05, 0) is 44.0 Å². The van der Waals surface area contributed by atoms with Crippen molar-refractivity contribution in [2.24, 2.45) is 4.99 Å². The van der Waals surface area contributed by atoms with Crippen LogP contribution in [0.15, 0.2) is 29.4 Å². The van der Waals surface area contributed by atoms with E-state index in [0.717, 1.165) is 42.7 Å². The van der Waals surface area contributed by atoms with Gasteiger partial charge in [0.2, 0.25) is 5.95 Å². The van der Waals surface area contributed by atoms with Gasteiger partial charge in [0.25, 0.3) is 0 Å². The molecular weight excluding hydrogens is 312 g/mol. The van der Waals surface area contributed by atoms with Crippen LogP contribution in [-0.4, -0.2) is 41.4 Å². The number of fused-ring (bicyclic) bond motifs is 1. The molecule has 2 atom stereocenters. The van der Waals surface area contributed by atoms with Crippen molar-refractivity contribution in [1.82, 2.24) is 15.3 Å². The number of rotatable bonds is 3. The minimum Gasteiger partial charge on any atom is -0.340 e. The van der Waals surface area contributed by atoms with Crippen LogP contribution in [0.3, 0.4) is 0 Å². The molecule has 1 saturated heterocycles. The Balaban J connectivity index is 1.58. The van der Waals surface area contributed by atoms with Crippen LogP contribution in [0.4, 0.5) is 17.5 Å². The lowest BCUT2D eigenvalue weighted by molar-refractivity contribution is 0.403.